The standard InChI is InChI=1S/C7H15NO4/c1-8-5-4(9)3-12-7(11-2)6(5)10/h4-10H,3H2,1-2H3/t4-,5-,6+,7-/m0/s1. The van der Waals surface area contributed by atoms with E-state index in [0.717, 1.165) is 0 Å². The molecule has 0 aromatic carbocycles. The van der Waals surface area contributed by atoms with Gasteiger partial charge in [-0.1, -0.05) is 0 Å². The number of hydrogen-bond donors (Lipinski definition) is 3. The summed E-state index contributed by atoms with van der Waals surface area (Å²) >= 11 is 0. The maximum atomic E-state index is 9.53. The zero-order chi connectivity index (χ0) is 9.14. The highest BCUT2D eigenvalue weighted by Gasteiger charge is 2.37. The Hall–Kier alpha value is -0.200. The Labute approximate surface area is 71.3 Å². The van der Waals surface area contributed by atoms with Crippen LogP contribution in [0, 0.1) is 0 Å². The molecule has 0 radical (unpaired) electrons. The van der Waals surface area contributed by atoms with E-state index in [1.54, 1.807) is 7.05 Å². The molecule has 3 N–H and O–H groups in total. The van der Waals surface area contributed by atoms with Gasteiger partial charge in [0, 0.05) is 7.11 Å². The van der Waals surface area contributed by atoms with Crippen molar-refractivity contribution in [2.75, 3.05) is 20.8 Å². The van der Waals surface area contributed by atoms with Gasteiger partial charge in [0.05, 0.1) is 18.8 Å². The van der Waals surface area contributed by atoms with Crippen molar-refractivity contribution in [2.45, 2.75) is 24.5 Å². The molecule has 1 heterocycles. The molecule has 5 nitrogen and oxygen atoms in total. The van der Waals surface area contributed by atoms with E-state index in [-0.39, 0.29) is 12.6 Å². The molecule has 1 aliphatic rings. The van der Waals surface area contributed by atoms with Gasteiger partial charge in [-0.25, -0.2) is 0 Å². The van der Waals surface area contributed by atoms with Crippen LogP contribution < -0.4 is 5.32 Å². The number of methoxy groups -OCH3 is 1. The lowest BCUT2D eigenvalue weighted by Crippen LogP contribution is -2.58. The summed E-state index contributed by atoms with van der Waals surface area (Å²) in [4.78, 5) is 0. The third kappa shape index (κ3) is 1.75. The zero-order valence-corrected chi connectivity index (χ0v) is 7.23. The Kier molecular flexibility index (Phi) is 3.42. The van der Waals surface area contributed by atoms with E-state index in [2.05, 4.69) is 5.32 Å². The predicted octanol–water partition coefficient (Wildman–Crippen LogP) is -1.70. The molecule has 0 amide bonds. The molecule has 1 rings (SSSR count). The third-order valence-corrected chi connectivity index (χ3v) is 2.06. The summed E-state index contributed by atoms with van der Waals surface area (Å²) in [5.74, 6) is 0. The molecule has 0 saturated carbocycles. The molecule has 0 aliphatic carbocycles. The van der Waals surface area contributed by atoms with Crippen LogP contribution in [0.25, 0.3) is 0 Å². The Balaban J connectivity index is 2.56. The van der Waals surface area contributed by atoms with Crippen LogP contribution in [0.3, 0.4) is 0 Å². The number of aliphatic hydroxyl groups is 2. The van der Waals surface area contributed by atoms with Crippen LogP contribution in [0.4, 0.5) is 0 Å². The lowest BCUT2D eigenvalue weighted by molar-refractivity contribution is -0.235. The van der Waals surface area contributed by atoms with Gasteiger partial charge in [0.25, 0.3) is 0 Å². The Bertz CT molecular complexity index is 143. The van der Waals surface area contributed by atoms with Crippen molar-refractivity contribution in [3.63, 3.8) is 0 Å². The lowest BCUT2D eigenvalue weighted by atomic mass is 10.0. The van der Waals surface area contributed by atoms with Crippen molar-refractivity contribution in [1.29, 1.82) is 0 Å². The molecule has 1 fully saturated rings. The van der Waals surface area contributed by atoms with Gasteiger partial charge in [0.1, 0.15) is 6.10 Å². The highest BCUT2D eigenvalue weighted by atomic mass is 16.7. The highest BCUT2D eigenvalue weighted by Crippen LogP contribution is 2.15. The normalized spacial score (nSPS) is 43.0. The molecule has 0 bridgehead atoms. The van der Waals surface area contributed by atoms with Gasteiger partial charge in [-0.15, -0.1) is 0 Å². The van der Waals surface area contributed by atoms with Crippen LogP contribution in [0.1, 0.15) is 0 Å². The Morgan fingerprint density at radius 1 is 1.50 bits per heavy atom. The summed E-state index contributed by atoms with van der Waals surface area (Å²) in [6, 6.07) is -0.385. The number of likely N-dealkylation sites (N-methyl/N-ethyl adjacent to an activating group) is 1. The first-order chi connectivity index (χ1) is 5.70. The quantitative estimate of drug-likeness (QED) is 0.469. The van der Waals surface area contributed by atoms with Crippen LogP contribution in [-0.2, 0) is 9.47 Å². The van der Waals surface area contributed by atoms with Gasteiger partial charge in [-0.3, -0.25) is 0 Å². The number of hydrogen-bond acceptors (Lipinski definition) is 5. The summed E-state index contributed by atoms with van der Waals surface area (Å²) in [5.41, 5.74) is 0. The zero-order valence-electron chi connectivity index (χ0n) is 7.23. The van der Waals surface area contributed by atoms with Crippen LogP contribution in [-0.4, -0.2) is 55.5 Å². The van der Waals surface area contributed by atoms with E-state index in [0.29, 0.717) is 0 Å². The Morgan fingerprint density at radius 2 is 2.17 bits per heavy atom. The van der Waals surface area contributed by atoms with E-state index < -0.39 is 18.5 Å². The van der Waals surface area contributed by atoms with E-state index in [1.807, 2.05) is 0 Å². The van der Waals surface area contributed by atoms with E-state index in [9.17, 15) is 10.2 Å². The van der Waals surface area contributed by atoms with Gasteiger partial charge in [-0.2, -0.15) is 0 Å². The van der Waals surface area contributed by atoms with Gasteiger partial charge < -0.3 is 25.0 Å². The maximum absolute atomic E-state index is 9.53. The van der Waals surface area contributed by atoms with Gasteiger partial charge in [-0.05, 0) is 7.05 Å². The molecule has 4 atom stereocenters. The first-order valence-electron chi connectivity index (χ1n) is 3.88. The fraction of sp³-hybridized carbons (Fsp3) is 1.00. The van der Waals surface area contributed by atoms with Crippen LogP contribution in [0.2, 0.25) is 0 Å². The lowest BCUT2D eigenvalue weighted by Gasteiger charge is -2.36. The SMILES string of the molecule is CN[C@@H]1[C@@H](O)[C@@H](OC)OC[C@@H]1O. The first kappa shape index (κ1) is 9.88. The Morgan fingerprint density at radius 3 is 2.67 bits per heavy atom. The molecule has 1 saturated heterocycles. The van der Waals surface area contributed by atoms with E-state index >= 15 is 0 Å². The highest BCUT2D eigenvalue weighted by molar-refractivity contribution is 4.87. The summed E-state index contributed by atoms with van der Waals surface area (Å²) in [5, 5.41) is 21.7. The summed E-state index contributed by atoms with van der Waals surface area (Å²) in [7, 11) is 3.13. The van der Waals surface area contributed by atoms with Crippen molar-refractivity contribution in [2.24, 2.45) is 0 Å². The van der Waals surface area contributed by atoms with Crippen LogP contribution in [0.15, 0.2) is 0 Å². The van der Waals surface area contributed by atoms with Gasteiger partial charge >= 0.3 is 0 Å². The second kappa shape index (κ2) is 4.15. The summed E-state index contributed by atoms with van der Waals surface area (Å²) in [6.07, 6.45) is -2.16. The minimum absolute atomic E-state index is 0.182. The number of nitrogens with one attached hydrogen (secondary N) is 1. The average Bonchev–Trinajstić information content (AvgIpc) is 2.06. The molecular formula is C7H15NO4. The minimum Gasteiger partial charge on any atom is -0.389 e. The number of aliphatic hydroxyl groups excluding tert-OH is 2. The van der Waals surface area contributed by atoms with Gasteiger partial charge in [0.2, 0.25) is 0 Å². The van der Waals surface area contributed by atoms with E-state index in [1.165, 1.54) is 7.11 Å². The molecule has 72 valence electrons. The van der Waals surface area contributed by atoms with Crippen LogP contribution >= 0.6 is 0 Å². The summed E-state index contributed by atoms with van der Waals surface area (Å²) in [6.45, 7) is 0.182. The van der Waals surface area contributed by atoms with Crippen molar-refractivity contribution in [3.8, 4) is 0 Å². The molecular weight excluding hydrogens is 162 g/mol. The topological polar surface area (TPSA) is 71.0 Å². The number of rotatable bonds is 2. The van der Waals surface area contributed by atoms with Crippen LogP contribution in [0.5, 0.6) is 0 Å². The molecule has 12 heavy (non-hydrogen) atoms. The molecule has 0 aromatic heterocycles. The molecule has 5 heteroatoms. The molecule has 0 unspecified atom stereocenters. The molecule has 0 aromatic rings. The second-order valence-corrected chi connectivity index (χ2v) is 2.81. The smallest absolute Gasteiger partial charge is 0.184 e. The van der Waals surface area contributed by atoms with Crippen molar-refractivity contribution in [1.82, 2.24) is 5.32 Å². The second-order valence-electron chi connectivity index (χ2n) is 2.81. The first-order valence-corrected chi connectivity index (χ1v) is 3.88. The van der Waals surface area contributed by atoms with Crippen molar-refractivity contribution in [3.05, 3.63) is 0 Å². The molecule has 1 aliphatic heterocycles. The number of ether oxygens (including phenoxy) is 2. The largest absolute Gasteiger partial charge is 0.389 e. The van der Waals surface area contributed by atoms with Crippen molar-refractivity contribution < 1.29 is 19.7 Å². The fourth-order valence-electron chi connectivity index (χ4n) is 1.36. The van der Waals surface area contributed by atoms with Crippen molar-refractivity contribution >= 4 is 0 Å². The monoisotopic (exact) mass is 177 g/mol. The minimum atomic E-state index is -0.830. The van der Waals surface area contributed by atoms with E-state index in [4.69, 9.17) is 9.47 Å². The third-order valence-electron chi connectivity index (χ3n) is 2.06. The predicted molar refractivity (Wildman–Crippen MR) is 41.6 cm³/mol. The maximum Gasteiger partial charge on any atom is 0.184 e. The van der Waals surface area contributed by atoms with Gasteiger partial charge in [0.15, 0.2) is 6.29 Å². The summed E-state index contributed by atoms with van der Waals surface area (Å²) < 4.78 is 9.88. The average molecular weight is 177 g/mol. The fourth-order valence-corrected chi connectivity index (χ4v) is 1.36. The molecule has 0 spiro atoms.